The van der Waals surface area contributed by atoms with E-state index < -0.39 is 0 Å². The lowest BCUT2D eigenvalue weighted by molar-refractivity contribution is -0.185. The van der Waals surface area contributed by atoms with E-state index in [0.717, 1.165) is 54.7 Å². The molecule has 26 heavy (non-hydrogen) atoms. The van der Waals surface area contributed by atoms with Crippen LogP contribution in [-0.4, -0.2) is 42.8 Å². The van der Waals surface area contributed by atoms with Crippen LogP contribution in [0.4, 0.5) is 0 Å². The number of carbonyl (C=O) groups is 1. The van der Waals surface area contributed by atoms with Crippen molar-refractivity contribution >= 4 is 5.78 Å². The molecule has 2 aromatic carbocycles. The van der Waals surface area contributed by atoms with E-state index in [9.17, 15) is 4.79 Å². The molecule has 2 saturated heterocycles. The van der Waals surface area contributed by atoms with Gasteiger partial charge in [0.25, 0.3) is 0 Å². The zero-order valence-corrected chi connectivity index (χ0v) is 15.2. The average Bonchev–Trinajstić information content (AvgIpc) is 3.12. The number of rotatable bonds is 4. The van der Waals surface area contributed by atoms with Crippen molar-refractivity contribution in [1.82, 2.24) is 4.90 Å². The fourth-order valence-corrected chi connectivity index (χ4v) is 3.90. The third-order valence-corrected chi connectivity index (χ3v) is 5.37. The first-order valence-corrected chi connectivity index (χ1v) is 9.35. The Labute approximate surface area is 154 Å². The number of hydrogen-bond acceptors (Lipinski definition) is 4. The van der Waals surface area contributed by atoms with E-state index in [4.69, 9.17) is 9.47 Å². The second-order valence-corrected chi connectivity index (χ2v) is 7.24. The molecular weight excluding hydrogens is 326 g/mol. The van der Waals surface area contributed by atoms with Crippen molar-refractivity contribution in [2.24, 2.45) is 0 Å². The Balaban J connectivity index is 1.49. The lowest BCUT2D eigenvalue weighted by Crippen LogP contribution is -2.44. The monoisotopic (exact) mass is 351 g/mol. The van der Waals surface area contributed by atoms with Crippen molar-refractivity contribution in [1.29, 1.82) is 0 Å². The molecule has 4 rings (SSSR count). The molecule has 2 fully saturated rings. The highest BCUT2D eigenvalue weighted by Gasteiger charge is 2.39. The number of likely N-dealkylation sites (tertiary alicyclic amines) is 1. The predicted octanol–water partition coefficient (Wildman–Crippen LogP) is 3.56. The SMILES string of the molecule is Cc1cccc(C(=O)c2ccccc2CN2CCC3(CC2)OCCO3)c1. The van der Waals surface area contributed by atoms with E-state index in [2.05, 4.69) is 11.0 Å². The Morgan fingerprint density at radius 1 is 1.04 bits per heavy atom. The average molecular weight is 351 g/mol. The van der Waals surface area contributed by atoms with E-state index in [1.807, 2.05) is 49.4 Å². The minimum absolute atomic E-state index is 0.0974. The summed E-state index contributed by atoms with van der Waals surface area (Å²) in [5, 5.41) is 0. The number of piperidine rings is 1. The molecule has 2 aliphatic heterocycles. The minimum Gasteiger partial charge on any atom is -0.347 e. The Kier molecular flexibility index (Phi) is 4.90. The molecule has 0 saturated carbocycles. The van der Waals surface area contributed by atoms with Crippen molar-refractivity contribution in [3.8, 4) is 0 Å². The topological polar surface area (TPSA) is 38.8 Å². The van der Waals surface area contributed by atoms with Crippen LogP contribution in [0.1, 0.15) is 39.9 Å². The third-order valence-electron chi connectivity index (χ3n) is 5.37. The molecule has 2 aromatic rings. The molecule has 0 aromatic heterocycles. The summed E-state index contributed by atoms with van der Waals surface area (Å²) in [5.41, 5.74) is 3.74. The molecule has 0 unspecified atom stereocenters. The Morgan fingerprint density at radius 2 is 1.77 bits per heavy atom. The molecule has 0 radical (unpaired) electrons. The van der Waals surface area contributed by atoms with E-state index in [1.165, 1.54) is 0 Å². The Bertz CT molecular complexity index is 785. The highest BCUT2D eigenvalue weighted by atomic mass is 16.7. The van der Waals surface area contributed by atoms with Crippen LogP contribution in [0.5, 0.6) is 0 Å². The summed E-state index contributed by atoms with van der Waals surface area (Å²) in [7, 11) is 0. The normalized spacial score (nSPS) is 19.7. The first kappa shape index (κ1) is 17.4. The van der Waals surface area contributed by atoms with Crippen LogP contribution in [0.15, 0.2) is 48.5 Å². The van der Waals surface area contributed by atoms with E-state index in [-0.39, 0.29) is 11.6 Å². The van der Waals surface area contributed by atoms with Crippen molar-refractivity contribution in [2.45, 2.75) is 32.1 Å². The van der Waals surface area contributed by atoms with Crippen LogP contribution >= 0.6 is 0 Å². The second-order valence-electron chi connectivity index (χ2n) is 7.24. The van der Waals surface area contributed by atoms with Gasteiger partial charge in [0, 0.05) is 43.6 Å². The van der Waals surface area contributed by atoms with Gasteiger partial charge in [0.05, 0.1) is 13.2 Å². The maximum absolute atomic E-state index is 13.0. The van der Waals surface area contributed by atoms with Gasteiger partial charge < -0.3 is 9.47 Å². The van der Waals surface area contributed by atoms with Crippen LogP contribution in [-0.2, 0) is 16.0 Å². The van der Waals surface area contributed by atoms with Crippen LogP contribution in [0.25, 0.3) is 0 Å². The summed E-state index contributed by atoms with van der Waals surface area (Å²) in [6, 6.07) is 15.8. The van der Waals surface area contributed by atoms with E-state index in [1.54, 1.807) is 0 Å². The summed E-state index contributed by atoms with van der Waals surface area (Å²) in [6.45, 7) is 6.05. The molecule has 0 aliphatic carbocycles. The summed E-state index contributed by atoms with van der Waals surface area (Å²) in [4.78, 5) is 15.4. The molecule has 0 N–H and O–H groups in total. The van der Waals surface area contributed by atoms with Crippen molar-refractivity contribution < 1.29 is 14.3 Å². The van der Waals surface area contributed by atoms with Gasteiger partial charge in [0.1, 0.15) is 0 Å². The molecule has 4 heteroatoms. The van der Waals surface area contributed by atoms with E-state index in [0.29, 0.717) is 13.2 Å². The minimum atomic E-state index is -0.354. The standard InChI is InChI=1S/C22H25NO3/c1-17-5-4-7-18(15-17)21(24)20-8-3-2-6-19(20)16-23-11-9-22(10-12-23)25-13-14-26-22/h2-8,15H,9-14,16H2,1H3. The fraction of sp³-hybridized carbons (Fsp3) is 0.409. The fourth-order valence-electron chi connectivity index (χ4n) is 3.90. The molecule has 0 bridgehead atoms. The molecule has 1 spiro atoms. The van der Waals surface area contributed by atoms with Crippen LogP contribution in [0.2, 0.25) is 0 Å². The predicted molar refractivity (Wildman–Crippen MR) is 100 cm³/mol. The van der Waals surface area contributed by atoms with Crippen LogP contribution in [0, 0.1) is 6.92 Å². The zero-order chi connectivity index (χ0) is 18.0. The summed E-state index contributed by atoms with van der Waals surface area (Å²) in [5.74, 6) is -0.256. The number of carbonyl (C=O) groups excluding carboxylic acids is 1. The maximum Gasteiger partial charge on any atom is 0.193 e. The largest absolute Gasteiger partial charge is 0.347 e. The number of ketones is 1. The maximum atomic E-state index is 13.0. The lowest BCUT2D eigenvalue weighted by atomic mass is 9.96. The smallest absolute Gasteiger partial charge is 0.193 e. The highest BCUT2D eigenvalue weighted by Crippen LogP contribution is 2.32. The number of aryl methyl sites for hydroxylation is 1. The first-order valence-electron chi connectivity index (χ1n) is 9.35. The van der Waals surface area contributed by atoms with Gasteiger partial charge in [-0.3, -0.25) is 9.69 Å². The van der Waals surface area contributed by atoms with Crippen LogP contribution < -0.4 is 0 Å². The summed E-state index contributed by atoms with van der Waals surface area (Å²) in [6.07, 6.45) is 1.78. The molecule has 2 aliphatic rings. The first-order chi connectivity index (χ1) is 12.7. The van der Waals surface area contributed by atoms with Gasteiger partial charge in [0.15, 0.2) is 11.6 Å². The number of nitrogens with zero attached hydrogens (tertiary/aromatic N) is 1. The van der Waals surface area contributed by atoms with E-state index >= 15 is 0 Å². The lowest BCUT2D eigenvalue weighted by Gasteiger charge is -2.37. The highest BCUT2D eigenvalue weighted by molar-refractivity contribution is 6.10. The summed E-state index contributed by atoms with van der Waals surface area (Å²) >= 11 is 0. The number of hydrogen-bond donors (Lipinski definition) is 0. The Hall–Kier alpha value is -2.01. The number of ether oxygens (including phenoxy) is 2. The van der Waals surface area contributed by atoms with Crippen molar-refractivity contribution in [3.05, 3.63) is 70.8 Å². The molecule has 136 valence electrons. The number of benzene rings is 2. The van der Waals surface area contributed by atoms with Gasteiger partial charge >= 0.3 is 0 Å². The second kappa shape index (κ2) is 7.31. The quantitative estimate of drug-likeness (QED) is 0.790. The molecular formula is C22H25NO3. The Morgan fingerprint density at radius 3 is 2.50 bits per heavy atom. The van der Waals surface area contributed by atoms with Gasteiger partial charge in [-0.15, -0.1) is 0 Å². The molecule has 0 amide bonds. The molecule has 4 nitrogen and oxygen atoms in total. The van der Waals surface area contributed by atoms with Gasteiger partial charge in [0.2, 0.25) is 0 Å². The summed E-state index contributed by atoms with van der Waals surface area (Å²) < 4.78 is 11.6. The molecule has 2 heterocycles. The van der Waals surface area contributed by atoms with Gasteiger partial charge in [-0.2, -0.15) is 0 Å². The van der Waals surface area contributed by atoms with Gasteiger partial charge in [-0.25, -0.2) is 0 Å². The van der Waals surface area contributed by atoms with Crippen LogP contribution in [0.3, 0.4) is 0 Å². The van der Waals surface area contributed by atoms with Crippen molar-refractivity contribution in [3.63, 3.8) is 0 Å². The van der Waals surface area contributed by atoms with Crippen molar-refractivity contribution in [2.75, 3.05) is 26.3 Å². The molecule has 0 atom stereocenters. The van der Waals surface area contributed by atoms with Gasteiger partial charge in [-0.05, 0) is 18.6 Å². The van der Waals surface area contributed by atoms with Gasteiger partial charge in [-0.1, -0.05) is 48.0 Å². The zero-order valence-electron chi connectivity index (χ0n) is 15.2. The third kappa shape index (κ3) is 3.58.